The predicted octanol–water partition coefficient (Wildman–Crippen LogP) is 4.75. The van der Waals surface area contributed by atoms with Crippen molar-refractivity contribution in [2.45, 2.75) is 59.2 Å². The zero-order valence-electron chi connectivity index (χ0n) is 13.1. The Balaban J connectivity index is 3.07. The Morgan fingerprint density at radius 2 is 1.53 bits per heavy atom. The van der Waals surface area contributed by atoms with Crippen LogP contribution in [0.5, 0.6) is 0 Å². The first-order valence-corrected chi connectivity index (χ1v) is 12.7. The summed E-state index contributed by atoms with van der Waals surface area (Å²) in [7, 11) is -1.17. The Hall–Kier alpha value is -0.304. The van der Waals surface area contributed by atoms with Gasteiger partial charge in [-0.15, -0.1) is 0 Å². The van der Waals surface area contributed by atoms with Gasteiger partial charge in [-0.05, 0) is 0 Å². The molecule has 19 heavy (non-hydrogen) atoms. The minimum atomic E-state index is -1.17. The van der Waals surface area contributed by atoms with Gasteiger partial charge in [0.2, 0.25) is 0 Å². The van der Waals surface area contributed by atoms with Crippen LogP contribution in [0.1, 0.15) is 39.5 Å². The zero-order chi connectivity index (χ0) is 14.3. The van der Waals surface area contributed by atoms with Crippen LogP contribution in [0.4, 0.5) is 0 Å². The average molecular weight is 339 g/mol. The molecule has 0 N–H and O–H groups in total. The molecule has 0 radical (unpaired) electrons. The summed E-state index contributed by atoms with van der Waals surface area (Å²) in [6.07, 6.45) is 5.19. The van der Waals surface area contributed by atoms with Gasteiger partial charge in [-0.1, -0.05) is 0 Å². The van der Waals surface area contributed by atoms with Crippen molar-refractivity contribution in [2.24, 2.45) is 0 Å². The summed E-state index contributed by atoms with van der Waals surface area (Å²) in [6.45, 7) is 12.2. The van der Waals surface area contributed by atoms with Crippen molar-refractivity contribution in [2.75, 3.05) is 0 Å². The van der Waals surface area contributed by atoms with Crippen LogP contribution < -0.4 is 4.46 Å². The van der Waals surface area contributed by atoms with Crippen LogP contribution in [-0.2, 0) is 0 Å². The second kappa shape index (κ2) is 8.09. The van der Waals surface area contributed by atoms with Gasteiger partial charge in [-0.2, -0.15) is 0 Å². The Labute approximate surface area is 126 Å². The van der Waals surface area contributed by atoms with E-state index in [1.54, 1.807) is 4.47 Å². The SMILES string of the molecule is CCC/C([Se]c1ccccc1)=C(/CCC)[Si](C)(C)C. The van der Waals surface area contributed by atoms with Crippen LogP contribution in [0, 0.1) is 0 Å². The van der Waals surface area contributed by atoms with Crippen LogP contribution in [0.15, 0.2) is 40.0 Å². The van der Waals surface area contributed by atoms with Gasteiger partial charge in [0.25, 0.3) is 0 Å². The number of allylic oxidation sites excluding steroid dienone is 2. The molecule has 0 spiro atoms. The third-order valence-corrected chi connectivity index (χ3v) is 8.50. The summed E-state index contributed by atoms with van der Waals surface area (Å²) in [4.78, 5) is 0. The molecule has 106 valence electrons. The maximum atomic E-state index is 2.51. The third-order valence-electron chi connectivity index (χ3n) is 3.20. The first-order chi connectivity index (χ1) is 8.99. The molecule has 0 amide bonds. The quantitative estimate of drug-likeness (QED) is 0.629. The fourth-order valence-corrected chi connectivity index (χ4v) is 8.79. The van der Waals surface area contributed by atoms with E-state index >= 15 is 0 Å². The molecule has 0 nitrogen and oxygen atoms in total. The third kappa shape index (κ3) is 5.68. The van der Waals surface area contributed by atoms with Crippen molar-refractivity contribution >= 4 is 27.5 Å². The fourth-order valence-electron chi connectivity index (χ4n) is 2.30. The van der Waals surface area contributed by atoms with Crippen molar-refractivity contribution in [3.63, 3.8) is 0 Å². The molecule has 0 fully saturated rings. The van der Waals surface area contributed by atoms with Gasteiger partial charge in [-0.3, -0.25) is 0 Å². The minimum absolute atomic E-state index is 0.530. The summed E-state index contributed by atoms with van der Waals surface area (Å²) in [6, 6.07) is 11.1. The molecule has 0 aliphatic carbocycles. The van der Waals surface area contributed by atoms with Gasteiger partial charge in [0.15, 0.2) is 0 Å². The molecule has 1 aromatic rings. The molecule has 0 aliphatic rings. The Morgan fingerprint density at radius 1 is 0.947 bits per heavy atom. The number of rotatable bonds is 7. The summed E-state index contributed by atoms with van der Waals surface area (Å²) in [5, 5.41) is 1.85. The van der Waals surface area contributed by atoms with Gasteiger partial charge < -0.3 is 0 Å². The fraction of sp³-hybridized carbons (Fsp3) is 0.529. The van der Waals surface area contributed by atoms with Crippen LogP contribution in [0.25, 0.3) is 0 Å². The molecular formula is C17H28SeSi. The van der Waals surface area contributed by atoms with E-state index in [-0.39, 0.29) is 0 Å². The van der Waals surface area contributed by atoms with E-state index in [4.69, 9.17) is 0 Å². The standard InChI is InChI=1S/C17H28SeSi/c1-6-11-16(17(12-7-2)19(3,4)5)18-15-13-9-8-10-14-15/h8-10,13-14H,6-7,11-12H2,1-5H3/b17-16+. The van der Waals surface area contributed by atoms with Crippen molar-refractivity contribution in [1.82, 2.24) is 0 Å². The van der Waals surface area contributed by atoms with Crippen LogP contribution in [0.2, 0.25) is 19.6 Å². The summed E-state index contributed by atoms with van der Waals surface area (Å²) in [5.74, 6) is 0. The van der Waals surface area contributed by atoms with Gasteiger partial charge in [0, 0.05) is 0 Å². The van der Waals surface area contributed by atoms with Crippen molar-refractivity contribution in [1.29, 1.82) is 0 Å². The molecule has 0 bridgehead atoms. The van der Waals surface area contributed by atoms with Crippen LogP contribution in [-0.4, -0.2) is 23.0 Å². The van der Waals surface area contributed by atoms with Crippen LogP contribution >= 0.6 is 0 Å². The molecule has 1 rings (SSSR count). The summed E-state index contributed by atoms with van der Waals surface area (Å²) in [5.41, 5.74) is 0. The van der Waals surface area contributed by atoms with Crippen molar-refractivity contribution in [3.05, 3.63) is 40.0 Å². The van der Waals surface area contributed by atoms with E-state index < -0.39 is 8.07 Å². The Bertz CT molecular complexity index is 401. The molecule has 2 heteroatoms. The molecule has 0 heterocycles. The van der Waals surface area contributed by atoms with Crippen molar-refractivity contribution in [3.8, 4) is 0 Å². The topological polar surface area (TPSA) is 0 Å². The van der Waals surface area contributed by atoms with E-state index in [1.807, 2.05) is 5.20 Å². The molecular weight excluding hydrogens is 311 g/mol. The first kappa shape index (κ1) is 16.7. The average Bonchev–Trinajstić information content (AvgIpc) is 2.35. The van der Waals surface area contributed by atoms with E-state index in [0.29, 0.717) is 15.0 Å². The molecule has 1 aromatic carbocycles. The Kier molecular flexibility index (Phi) is 7.13. The molecule has 0 saturated carbocycles. The molecule has 0 aromatic heterocycles. The summed E-state index contributed by atoms with van der Waals surface area (Å²) >= 11 is 0.530. The second-order valence-electron chi connectivity index (χ2n) is 6.07. The second-order valence-corrected chi connectivity index (χ2v) is 13.6. The van der Waals surface area contributed by atoms with E-state index in [2.05, 4.69) is 63.8 Å². The number of hydrogen-bond acceptors (Lipinski definition) is 0. The normalized spacial score (nSPS) is 13.3. The molecule has 0 saturated heterocycles. The molecule has 0 aliphatic heterocycles. The number of hydrogen-bond donors (Lipinski definition) is 0. The molecule has 0 unspecified atom stereocenters. The zero-order valence-corrected chi connectivity index (χ0v) is 15.8. The van der Waals surface area contributed by atoms with Crippen molar-refractivity contribution < 1.29 is 0 Å². The molecule has 0 atom stereocenters. The van der Waals surface area contributed by atoms with Gasteiger partial charge in [0.05, 0.1) is 0 Å². The van der Waals surface area contributed by atoms with E-state index in [9.17, 15) is 0 Å². The van der Waals surface area contributed by atoms with E-state index in [1.165, 1.54) is 30.1 Å². The van der Waals surface area contributed by atoms with E-state index in [0.717, 1.165) is 0 Å². The van der Waals surface area contributed by atoms with Gasteiger partial charge in [-0.25, -0.2) is 0 Å². The Morgan fingerprint density at radius 3 is 2.00 bits per heavy atom. The number of benzene rings is 1. The predicted molar refractivity (Wildman–Crippen MR) is 92.0 cm³/mol. The first-order valence-electron chi connectivity index (χ1n) is 7.44. The van der Waals surface area contributed by atoms with Gasteiger partial charge in [0.1, 0.15) is 0 Å². The van der Waals surface area contributed by atoms with Gasteiger partial charge >= 0.3 is 127 Å². The monoisotopic (exact) mass is 340 g/mol. The summed E-state index contributed by atoms with van der Waals surface area (Å²) < 4.78 is 3.33. The van der Waals surface area contributed by atoms with Crippen LogP contribution in [0.3, 0.4) is 0 Å². The maximum absolute atomic E-state index is 2.51.